The maximum Gasteiger partial charge on any atom is 0.255 e. The quantitative estimate of drug-likeness (QED) is 0.474. The normalized spacial score (nSPS) is 11.5. The summed E-state index contributed by atoms with van der Waals surface area (Å²) in [7, 11) is 1.58. The van der Waals surface area contributed by atoms with E-state index in [0.717, 1.165) is 22.9 Å². The largest absolute Gasteiger partial charge is 0.489 e. The molecule has 6 heteroatoms. The van der Waals surface area contributed by atoms with E-state index in [9.17, 15) is 9.18 Å². The summed E-state index contributed by atoms with van der Waals surface area (Å²) >= 11 is 0. The molecule has 5 nitrogen and oxygen atoms in total. The molecule has 2 aromatic heterocycles. The number of hydrogen-bond acceptors (Lipinski definition) is 3. The molecular formula is C23H23FN2O3. The number of fused-ring (bicyclic) bond motifs is 3. The molecular weight excluding hydrogens is 371 g/mol. The third-order valence-corrected chi connectivity index (χ3v) is 4.96. The summed E-state index contributed by atoms with van der Waals surface area (Å²) < 4.78 is 25.7. The van der Waals surface area contributed by atoms with Gasteiger partial charge in [-0.2, -0.15) is 0 Å². The zero-order chi connectivity index (χ0) is 20.7. The van der Waals surface area contributed by atoms with Gasteiger partial charge in [0.15, 0.2) is 0 Å². The Balaban J connectivity index is 2.12. The molecule has 2 aromatic carbocycles. The number of aromatic amines is 1. The van der Waals surface area contributed by atoms with Crippen molar-refractivity contribution < 1.29 is 18.3 Å². The van der Waals surface area contributed by atoms with Crippen LogP contribution in [0.25, 0.3) is 33.2 Å². The number of ether oxygens (including phenoxy) is 1. The smallest absolute Gasteiger partial charge is 0.255 e. The van der Waals surface area contributed by atoms with E-state index >= 15 is 0 Å². The second-order valence-electron chi connectivity index (χ2n) is 7.23. The molecule has 0 atom stereocenters. The number of hydrogen-bond donors (Lipinski definition) is 2. The van der Waals surface area contributed by atoms with Gasteiger partial charge in [-0.3, -0.25) is 4.79 Å². The van der Waals surface area contributed by atoms with Crippen molar-refractivity contribution in [3.63, 3.8) is 0 Å². The Bertz CT molecular complexity index is 1200. The van der Waals surface area contributed by atoms with Crippen LogP contribution in [0, 0.1) is 5.82 Å². The third-order valence-electron chi connectivity index (χ3n) is 4.96. The van der Waals surface area contributed by atoms with E-state index in [1.54, 1.807) is 19.2 Å². The molecule has 0 saturated heterocycles. The maximum atomic E-state index is 13.4. The van der Waals surface area contributed by atoms with Crippen LogP contribution in [0.2, 0.25) is 0 Å². The van der Waals surface area contributed by atoms with Crippen LogP contribution < -0.4 is 10.1 Å². The van der Waals surface area contributed by atoms with Gasteiger partial charge in [0.05, 0.1) is 17.2 Å². The van der Waals surface area contributed by atoms with Crippen molar-refractivity contribution in [2.45, 2.75) is 33.3 Å². The number of H-pyrrole nitrogens is 1. The zero-order valence-electron chi connectivity index (χ0n) is 16.9. The standard InChI is InChI=1S/C23H23FN2O3/c1-5-13-11-26-20-17(28-12(2)3)10-16-19(23(27)25-4)21(29-22(16)18(13)20)14-6-8-15(24)9-7-14/h6-12,26H,5H2,1-4H3,(H,25,27). The first-order valence-electron chi connectivity index (χ1n) is 9.68. The number of amides is 1. The molecule has 0 radical (unpaired) electrons. The van der Waals surface area contributed by atoms with Crippen molar-refractivity contribution in [2.75, 3.05) is 7.05 Å². The van der Waals surface area contributed by atoms with Gasteiger partial charge in [0, 0.05) is 29.6 Å². The molecule has 0 spiro atoms. The third kappa shape index (κ3) is 3.14. The van der Waals surface area contributed by atoms with Gasteiger partial charge >= 0.3 is 0 Å². The minimum atomic E-state index is -0.347. The fourth-order valence-electron chi connectivity index (χ4n) is 3.67. The van der Waals surface area contributed by atoms with Crippen molar-refractivity contribution in [3.05, 3.63) is 53.5 Å². The van der Waals surface area contributed by atoms with Crippen LogP contribution in [0.3, 0.4) is 0 Å². The van der Waals surface area contributed by atoms with Crippen molar-refractivity contribution in [1.82, 2.24) is 10.3 Å². The van der Waals surface area contributed by atoms with Crippen LogP contribution in [-0.2, 0) is 6.42 Å². The van der Waals surface area contributed by atoms with Crippen LogP contribution in [0.1, 0.15) is 36.7 Å². The number of carbonyl (C=O) groups excluding carboxylic acids is 1. The lowest BCUT2D eigenvalue weighted by molar-refractivity contribution is 0.0964. The number of nitrogens with one attached hydrogen (secondary N) is 2. The monoisotopic (exact) mass is 394 g/mol. The number of carbonyl (C=O) groups is 1. The lowest BCUT2D eigenvalue weighted by Crippen LogP contribution is -2.18. The molecule has 2 heterocycles. The first-order valence-corrected chi connectivity index (χ1v) is 9.68. The first kappa shape index (κ1) is 19.1. The van der Waals surface area contributed by atoms with Crippen molar-refractivity contribution in [2.24, 2.45) is 0 Å². The van der Waals surface area contributed by atoms with E-state index in [1.165, 1.54) is 12.1 Å². The predicted octanol–water partition coefficient (Wildman–Crippen LogP) is 5.43. The van der Waals surface area contributed by atoms with E-state index in [-0.39, 0.29) is 17.8 Å². The fraction of sp³-hybridized carbons (Fsp3) is 0.261. The number of aromatic nitrogens is 1. The molecule has 0 unspecified atom stereocenters. The summed E-state index contributed by atoms with van der Waals surface area (Å²) in [4.78, 5) is 16.1. The molecule has 2 N–H and O–H groups in total. The summed E-state index contributed by atoms with van der Waals surface area (Å²) in [6, 6.07) is 7.77. The molecule has 29 heavy (non-hydrogen) atoms. The SMILES string of the molecule is CCc1c[nH]c2c(OC(C)C)cc3c(C(=O)NC)c(-c4ccc(F)cc4)oc3c12. The number of rotatable bonds is 5. The topological polar surface area (TPSA) is 67.3 Å². The highest BCUT2D eigenvalue weighted by Crippen LogP contribution is 2.42. The van der Waals surface area contributed by atoms with Gasteiger partial charge < -0.3 is 19.5 Å². The minimum Gasteiger partial charge on any atom is -0.489 e. The Morgan fingerprint density at radius 3 is 2.62 bits per heavy atom. The molecule has 0 fully saturated rings. The van der Waals surface area contributed by atoms with E-state index < -0.39 is 0 Å². The fourth-order valence-corrected chi connectivity index (χ4v) is 3.67. The number of aryl methyl sites for hydroxylation is 1. The van der Waals surface area contributed by atoms with Gasteiger partial charge in [-0.25, -0.2) is 4.39 Å². The van der Waals surface area contributed by atoms with Crippen LogP contribution in [-0.4, -0.2) is 24.0 Å². The average Bonchev–Trinajstić information content (AvgIpc) is 3.29. The van der Waals surface area contributed by atoms with E-state index in [4.69, 9.17) is 9.15 Å². The lowest BCUT2D eigenvalue weighted by Gasteiger charge is -2.11. The predicted molar refractivity (Wildman–Crippen MR) is 112 cm³/mol. The Morgan fingerprint density at radius 1 is 1.28 bits per heavy atom. The molecule has 0 aliphatic heterocycles. The number of halogens is 1. The summed E-state index contributed by atoms with van der Waals surface area (Å²) in [5.74, 6) is 0.455. The first-order chi connectivity index (χ1) is 13.9. The van der Waals surface area contributed by atoms with Gasteiger partial charge in [0.1, 0.15) is 22.9 Å². The highest BCUT2D eigenvalue weighted by atomic mass is 19.1. The summed E-state index contributed by atoms with van der Waals surface area (Å²) in [5, 5.41) is 4.26. The number of benzene rings is 2. The van der Waals surface area contributed by atoms with E-state index in [2.05, 4.69) is 17.2 Å². The van der Waals surface area contributed by atoms with Gasteiger partial charge in [0.2, 0.25) is 0 Å². The molecule has 0 aliphatic carbocycles. The minimum absolute atomic E-state index is 0.0315. The van der Waals surface area contributed by atoms with Crippen LogP contribution in [0.4, 0.5) is 4.39 Å². The second kappa shape index (κ2) is 7.28. The second-order valence-corrected chi connectivity index (χ2v) is 7.23. The molecule has 4 aromatic rings. The van der Waals surface area contributed by atoms with Crippen LogP contribution >= 0.6 is 0 Å². The van der Waals surface area contributed by atoms with Crippen molar-refractivity contribution in [3.8, 4) is 17.1 Å². The van der Waals surface area contributed by atoms with Gasteiger partial charge in [-0.15, -0.1) is 0 Å². The average molecular weight is 394 g/mol. The van der Waals surface area contributed by atoms with Crippen molar-refractivity contribution >= 4 is 27.8 Å². The lowest BCUT2D eigenvalue weighted by atomic mass is 10.0. The molecule has 0 saturated carbocycles. The van der Waals surface area contributed by atoms with E-state index in [0.29, 0.717) is 33.6 Å². The van der Waals surface area contributed by atoms with Gasteiger partial charge in [-0.05, 0) is 56.2 Å². The van der Waals surface area contributed by atoms with Crippen LogP contribution in [0.5, 0.6) is 5.75 Å². The van der Waals surface area contributed by atoms with Gasteiger partial charge in [-0.1, -0.05) is 6.92 Å². The van der Waals surface area contributed by atoms with Gasteiger partial charge in [0.25, 0.3) is 5.91 Å². The molecule has 4 rings (SSSR count). The Labute approximate surface area is 167 Å². The summed E-state index contributed by atoms with van der Waals surface area (Å²) in [6.45, 7) is 5.98. The Kier molecular flexibility index (Phi) is 4.78. The Morgan fingerprint density at radius 2 is 2.00 bits per heavy atom. The summed E-state index contributed by atoms with van der Waals surface area (Å²) in [5.41, 5.74) is 3.57. The highest BCUT2D eigenvalue weighted by molar-refractivity contribution is 6.18. The van der Waals surface area contributed by atoms with Crippen LogP contribution in [0.15, 0.2) is 40.9 Å². The number of furan rings is 1. The molecule has 0 aliphatic rings. The highest BCUT2D eigenvalue weighted by Gasteiger charge is 2.26. The van der Waals surface area contributed by atoms with Crippen molar-refractivity contribution in [1.29, 1.82) is 0 Å². The molecule has 0 bridgehead atoms. The molecule has 150 valence electrons. The zero-order valence-corrected chi connectivity index (χ0v) is 16.9. The summed E-state index contributed by atoms with van der Waals surface area (Å²) in [6.07, 6.45) is 2.70. The maximum absolute atomic E-state index is 13.4. The van der Waals surface area contributed by atoms with E-state index in [1.807, 2.05) is 26.1 Å². The Hall–Kier alpha value is -3.28. The molecule has 1 amide bonds.